The van der Waals surface area contributed by atoms with Gasteiger partial charge in [-0.25, -0.2) is 0 Å². The summed E-state index contributed by atoms with van der Waals surface area (Å²) in [7, 11) is 1.89. The van der Waals surface area contributed by atoms with Crippen molar-refractivity contribution in [3.63, 3.8) is 0 Å². The molecule has 0 spiro atoms. The maximum Gasteiger partial charge on any atom is 0.0795 e. The molecule has 0 saturated heterocycles. The highest BCUT2D eigenvalue weighted by Crippen LogP contribution is 2.24. The Kier molecular flexibility index (Phi) is 4.04. The Hall–Kier alpha value is -1.32. The Morgan fingerprint density at radius 2 is 2.22 bits per heavy atom. The second kappa shape index (κ2) is 5.55. The van der Waals surface area contributed by atoms with Crippen LogP contribution in [0.1, 0.15) is 29.2 Å². The highest BCUT2D eigenvalue weighted by Gasteiger charge is 2.11. The van der Waals surface area contributed by atoms with Crippen LogP contribution in [-0.2, 0) is 13.5 Å². The first-order valence-corrected chi connectivity index (χ1v) is 6.35. The molecule has 0 radical (unpaired) electrons. The third-order valence-corrected chi connectivity index (χ3v) is 3.29. The Bertz CT molecular complexity index is 536. The van der Waals surface area contributed by atoms with Crippen LogP contribution < -0.4 is 0 Å². The van der Waals surface area contributed by atoms with Gasteiger partial charge in [0.05, 0.1) is 12.3 Å². The molecule has 0 bridgehead atoms. The van der Waals surface area contributed by atoms with Gasteiger partial charge in [-0.05, 0) is 48.6 Å². The van der Waals surface area contributed by atoms with E-state index < -0.39 is 6.10 Å². The van der Waals surface area contributed by atoms with E-state index in [1.165, 1.54) is 0 Å². The van der Waals surface area contributed by atoms with Crippen LogP contribution in [0.5, 0.6) is 0 Å². The van der Waals surface area contributed by atoms with Crippen molar-refractivity contribution >= 4 is 11.6 Å². The van der Waals surface area contributed by atoms with E-state index in [1.54, 1.807) is 4.68 Å². The number of aliphatic hydroxyl groups excluding tert-OH is 1. The summed E-state index contributed by atoms with van der Waals surface area (Å²) in [6.45, 7) is 1.97. The lowest BCUT2D eigenvalue weighted by Crippen LogP contribution is -2.01. The second-order valence-electron chi connectivity index (χ2n) is 4.58. The van der Waals surface area contributed by atoms with E-state index in [2.05, 4.69) is 5.10 Å². The monoisotopic (exact) mass is 264 g/mol. The molecule has 1 unspecified atom stereocenters. The molecule has 1 aromatic heterocycles. The van der Waals surface area contributed by atoms with Gasteiger partial charge in [0.25, 0.3) is 0 Å². The van der Waals surface area contributed by atoms with Crippen LogP contribution in [0.15, 0.2) is 30.6 Å². The number of aryl methyl sites for hydroxylation is 3. The van der Waals surface area contributed by atoms with Gasteiger partial charge in [0, 0.05) is 18.3 Å². The Labute approximate surface area is 112 Å². The fraction of sp³-hybridized carbons (Fsp3) is 0.357. The summed E-state index contributed by atoms with van der Waals surface area (Å²) in [6, 6.07) is 5.59. The summed E-state index contributed by atoms with van der Waals surface area (Å²) in [5.74, 6) is 0. The average Bonchev–Trinajstić information content (AvgIpc) is 2.72. The minimum Gasteiger partial charge on any atom is -0.388 e. The van der Waals surface area contributed by atoms with E-state index in [4.69, 9.17) is 11.6 Å². The number of aliphatic hydroxyl groups is 1. The van der Waals surface area contributed by atoms with Crippen LogP contribution in [0.2, 0.25) is 5.02 Å². The molecule has 18 heavy (non-hydrogen) atoms. The highest BCUT2D eigenvalue weighted by molar-refractivity contribution is 6.30. The summed E-state index contributed by atoms with van der Waals surface area (Å²) in [5, 5.41) is 15.0. The van der Waals surface area contributed by atoms with Gasteiger partial charge in [0.2, 0.25) is 0 Å². The molecule has 2 rings (SSSR count). The fourth-order valence-corrected chi connectivity index (χ4v) is 2.30. The van der Waals surface area contributed by atoms with Gasteiger partial charge in [-0.3, -0.25) is 4.68 Å². The maximum absolute atomic E-state index is 10.2. The summed E-state index contributed by atoms with van der Waals surface area (Å²) >= 11 is 5.90. The number of hydrogen-bond donors (Lipinski definition) is 1. The van der Waals surface area contributed by atoms with Crippen LogP contribution >= 0.6 is 11.6 Å². The van der Waals surface area contributed by atoms with Crippen LogP contribution in [0.4, 0.5) is 0 Å². The van der Waals surface area contributed by atoms with E-state index in [9.17, 15) is 5.11 Å². The zero-order valence-electron chi connectivity index (χ0n) is 10.6. The summed E-state index contributed by atoms with van der Waals surface area (Å²) in [6.07, 6.45) is 4.86. The van der Waals surface area contributed by atoms with Gasteiger partial charge in [-0.15, -0.1) is 0 Å². The number of benzene rings is 1. The van der Waals surface area contributed by atoms with E-state index >= 15 is 0 Å². The first-order chi connectivity index (χ1) is 8.56. The Morgan fingerprint density at radius 3 is 2.83 bits per heavy atom. The smallest absolute Gasteiger partial charge is 0.0795 e. The molecule has 4 heteroatoms. The molecule has 0 aliphatic heterocycles. The zero-order chi connectivity index (χ0) is 13.1. The topological polar surface area (TPSA) is 38.1 Å². The van der Waals surface area contributed by atoms with Crippen molar-refractivity contribution in [1.82, 2.24) is 9.78 Å². The summed E-state index contributed by atoms with van der Waals surface area (Å²) < 4.78 is 1.77. The number of hydrogen-bond acceptors (Lipinski definition) is 2. The quantitative estimate of drug-likeness (QED) is 0.922. The van der Waals surface area contributed by atoms with Crippen LogP contribution in [-0.4, -0.2) is 14.9 Å². The lowest BCUT2D eigenvalue weighted by molar-refractivity contribution is 0.167. The molecule has 0 aliphatic carbocycles. The standard InChI is InChI=1S/C14H17ClN2O/c1-10-7-12(15)4-5-13(10)14(18)6-3-11-8-16-17(2)9-11/h4-5,7-9,14,18H,3,6H2,1-2H3. The highest BCUT2D eigenvalue weighted by atomic mass is 35.5. The molecular formula is C14H17ClN2O. The Balaban J connectivity index is 2.01. The average molecular weight is 265 g/mol. The van der Waals surface area contributed by atoms with Crippen LogP contribution in [0, 0.1) is 6.92 Å². The normalized spacial score (nSPS) is 12.7. The lowest BCUT2D eigenvalue weighted by atomic mass is 9.99. The zero-order valence-corrected chi connectivity index (χ0v) is 11.4. The molecule has 1 heterocycles. The first kappa shape index (κ1) is 13.1. The molecule has 1 N–H and O–H groups in total. The van der Waals surface area contributed by atoms with Crippen molar-refractivity contribution in [3.05, 3.63) is 52.3 Å². The van der Waals surface area contributed by atoms with Gasteiger partial charge < -0.3 is 5.11 Å². The molecule has 3 nitrogen and oxygen atoms in total. The van der Waals surface area contributed by atoms with Crippen molar-refractivity contribution in [2.24, 2.45) is 7.05 Å². The van der Waals surface area contributed by atoms with Crippen LogP contribution in [0.3, 0.4) is 0 Å². The lowest BCUT2D eigenvalue weighted by Gasteiger charge is -2.13. The fourth-order valence-electron chi connectivity index (χ4n) is 2.07. The van der Waals surface area contributed by atoms with E-state index in [0.29, 0.717) is 11.4 Å². The van der Waals surface area contributed by atoms with E-state index in [0.717, 1.165) is 23.1 Å². The van der Waals surface area contributed by atoms with Gasteiger partial charge in [0.15, 0.2) is 0 Å². The molecule has 2 aromatic rings. The second-order valence-corrected chi connectivity index (χ2v) is 5.01. The number of aromatic nitrogens is 2. The molecule has 0 saturated carbocycles. The molecule has 0 fully saturated rings. The van der Waals surface area contributed by atoms with Crippen molar-refractivity contribution in [2.45, 2.75) is 25.9 Å². The van der Waals surface area contributed by atoms with Gasteiger partial charge in [0.1, 0.15) is 0 Å². The van der Waals surface area contributed by atoms with Gasteiger partial charge >= 0.3 is 0 Å². The van der Waals surface area contributed by atoms with Gasteiger partial charge in [-0.1, -0.05) is 17.7 Å². The van der Waals surface area contributed by atoms with Crippen molar-refractivity contribution < 1.29 is 5.11 Å². The number of nitrogens with zero attached hydrogens (tertiary/aromatic N) is 2. The molecule has 1 aromatic carbocycles. The van der Waals surface area contributed by atoms with E-state index in [1.807, 2.05) is 44.6 Å². The van der Waals surface area contributed by atoms with Crippen molar-refractivity contribution in [3.8, 4) is 0 Å². The molecular weight excluding hydrogens is 248 g/mol. The predicted octanol–water partition coefficient (Wildman–Crippen LogP) is 3.05. The third-order valence-electron chi connectivity index (χ3n) is 3.06. The molecule has 0 aliphatic rings. The predicted molar refractivity (Wildman–Crippen MR) is 72.7 cm³/mol. The molecule has 96 valence electrons. The first-order valence-electron chi connectivity index (χ1n) is 5.98. The van der Waals surface area contributed by atoms with E-state index in [-0.39, 0.29) is 0 Å². The molecule has 0 amide bonds. The van der Waals surface area contributed by atoms with Crippen molar-refractivity contribution in [1.29, 1.82) is 0 Å². The maximum atomic E-state index is 10.2. The summed E-state index contributed by atoms with van der Waals surface area (Å²) in [5.41, 5.74) is 3.12. The number of halogens is 1. The van der Waals surface area contributed by atoms with Crippen LogP contribution in [0.25, 0.3) is 0 Å². The minimum absolute atomic E-state index is 0.456. The SMILES string of the molecule is Cc1cc(Cl)ccc1C(O)CCc1cnn(C)c1. The molecule has 1 atom stereocenters. The minimum atomic E-state index is -0.456. The number of rotatable bonds is 4. The Morgan fingerprint density at radius 1 is 1.44 bits per heavy atom. The summed E-state index contributed by atoms with van der Waals surface area (Å²) in [4.78, 5) is 0. The largest absolute Gasteiger partial charge is 0.388 e. The third kappa shape index (κ3) is 3.12. The van der Waals surface area contributed by atoms with Crippen molar-refractivity contribution in [2.75, 3.05) is 0 Å². The van der Waals surface area contributed by atoms with Gasteiger partial charge in [-0.2, -0.15) is 5.10 Å².